The van der Waals surface area contributed by atoms with Crippen molar-refractivity contribution in [1.29, 1.82) is 0 Å². The number of rotatable bonds is 1. The molecule has 0 radical (unpaired) electrons. The minimum absolute atomic E-state index is 0.402. The molecule has 2 rings (SSSR count). The normalized spacial score (nSPS) is 44.8. The Morgan fingerprint density at radius 3 is 2.31 bits per heavy atom. The summed E-state index contributed by atoms with van der Waals surface area (Å²) in [6.45, 7) is 12.0. The van der Waals surface area contributed by atoms with Crippen LogP contribution in [0.1, 0.15) is 47.0 Å². The Balaban J connectivity index is 2.02. The zero-order valence-corrected chi connectivity index (χ0v) is 11.4. The number of nitrogens with two attached hydrogens (primary N) is 1. The van der Waals surface area contributed by atoms with E-state index in [0.717, 1.165) is 24.4 Å². The van der Waals surface area contributed by atoms with Gasteiger partial charge in [-0.2, -0.15) is 0 Å². The highest BCUT2D eigenvalue weighted by Crippen LogP contribution is 2.43. The maximum absolute atomic E-state index is 6.15. The fraction of sp³-hybridized carbons (Fsp3) is 1.00. The van der Waals surface area contributed by atoms with Gasteiger partial charge in [-0.3, -0.25) is 4.90 Å². The van der Waals surface area contributed by atoms with Crippen molar-refractivity contribution < 1.29 is 0 Å². The van der Waals surface area contributed by atoms with Crippen LogP contribution in [0, 0.1) is 17.3 Å². The van der Waals surface area contributed by atoms with Gasteiger partial charge in [0.05, 0.1) is 0 Å². The summed E-state index contributed by atoms with van der Waals surface area (Å²) < 4.78 is 0. The molecule has 2 heteroatoms. The van der Waals surface area contributed by atoms with Crippen LogP contribution in [0.15, 0.2) is 0 Å². The molecule has 1 aliphatic heterocycles. The van der Waals surface area contributed by atoms with E-state index in [9.17, 15) is 0 Å². The van der Waals surface area contributed by atoms with Gasteiger partial charge in [-0.1, -0.05) is 27.7 Å². The van der Waals surface area contributed by atoms with Crippen molar-refractivity contribution in [3.8, 4) is 0 Å². The summed E-state index contributed by atoms with van der Waals surface area (Å²) in [4.78, 5) is 2.68. The van der Waals surface area contributed by atoms with E-state index in [2.05, 4.69) is 32.6 Å². The Labute approximate surface area is 101 Å². The Hall–Kier alpha value is -0.0800. The molecule has 0 aromatic rings. The molecular weight excluding hydrogens is 196 g/mol. The molecule has 1 saturated heterocycles. The molecule has 0 aromatic heterocycles. The standard InChI is InChI=1S/C14H28N2/c1-10-5-12(15)9-16(8-10)13-7-14(3,4)6-11(13)2/h10-13H,5-9,15H2,1-4H3. The molecule has 94 valence electrons. The van der Waals surface area contributed by atoms with Crippen molar-refractivity contribution in [3.63, 3.8) is 0 Å². The van der Waals surface area contributed by atoms with Gasteiger partial charge in [0.15, 0.2) is 0 Å². The highest BCUT2D eigenvalue weighted by atomic mass is 15.2. The van der Waals surface area contributed by atoms with Crippen molar-refractivity contribution in [3.05, 3.63) is 0 Å². The van der Waals surface area contributed by atoms with Gasteiger partial charge in [-0.05, 0) is 36.5 Å². The number of hydrogen-bond acceptors (Lipinski definition) is 2. The van der Waals surface area contributed by atoms with Crippen LogP contribution in [0.5, 0.6) is 0 Å². The fourth-order valence-corrected chi connectivity index (χ4v) is 4.06. The molecule has 1 heterocycles. The molecule has 2 fully saturated rings. The first-order chi connectivity index (χ1) is 7.37. The van der Waals surface area contributed by atoms with Gasteiger partial charge < -0.3 is 5.73 Å². The molecule has 4 unspecified atom stereocenters. The summed E-state index contributed by atoms with van der Waals surface area (Å²) >= 11 is 0. The van der Waals surface area contributed by atoms with Crippen LogP contribution >= 0.6 is 0 Å². The maximum atomic E-state index is 6.15. The average Bonchev–Trinajstić information content (AvgIpc) is 2.38. The molecule has 4 atom stereocenters. The first-order valence-electron chi connectivity index (χ1n) is 6.87. The zero-order valence-electron chi connectivity index (χ0n) is 11.4. The van der Waals surface area contributed by atoms with Crippen molar-refractivity contribution in [1.82, 2.24) is 4.90 Å². The first-order valence-corrected chi connectivity index (χ1v) is 6.87. The first kappa shape index (κ1) is 12.4. The molecule has 16 heavy (non-hydrogen) atoms. The number of piperidine rings is 1. The highest BCUT2D eigenvalue weighted by Gasteiger charge is 2.41. The van der Waals surface area contributed by atoms with Gasteiger partial charge in [-0.15, -0.1) is 0 Å². The lowest BCUT2D eigenvalue weighted by molar-refractivity contribution is 0.0945. The number of hydrogen-bond donors (Lipinski definition) is 1. The Morgan fingerprint density at radius 2 is 1.81 bits per heavy atom. The molecule has 2 aliphatic rings. The fourth-order valence-electron chi connectivity index (χ4n) is 4.06. The second kappa shape index (κ2) is 4.30. The second-order valence-corrected chi connectivity index (χ2v) is 7.17. The summed E-state index contributed by atoms with van der Waals surface area (Å²) in [6.07, 6.45) is 3.94. The predicted octanol–water partition coefficient (Wildman–Crippen LogP) is 2.48. The third-order valence-electron chi connectivity index (χ3n) is 4.48. The van der Waals surface area contributed by atoms with E-state index in [0.29, 0.717) is 11.5 Å². The molecule has 0 amide bonds. The highest BCUT2D eigenvalue weighted by molar-refractivity contribution is 4.95. The van der Waals surface area contributed by atoms with E-state index in [-0.39, 0.29) is 0 Å². The molecule has 2 nitrogen and oxygen atoms in total. The second-order valence-electron chi connectivity index (χ2n) is 7.17. The Kier molecular flexibility index (Phi) is 3.33. The summed E-state index contributed by atoms with van der Waals surface area (Å²) in [5, 5.41) is 0. The predicted molar refractivity (Wildman–Crippen MR) is 69.3 cm³/mol. The SMILES string of the molecule is CC1CC(N)CN(C2CC(C)(C)CC2C)C1. The zero-order chi connectivity index (χ0) is 11.9. The van der Waals surface area contributed by atoms with E-state index in [1.54, 1.807) is 0 Å². The van der Waals surface area contributed by atoms with Crippen molar-refractivity contribution in [2.24, 2.45) is 23.0 Å². The molecule has 2 N–H and O–H groups in total. The lowest BCUT2D eigenvalue weighted by Crippen LogP contribution is -2.51. The van der Waals surface area contributed by atoms with Crippen LogP contribution in [0.3, 0.4) is 0 Å². The van der Waals surface area contributed by atoms with Crippen LogP contribution in [-0.2, 0) is 0 Å². The summed E-state index contributed by atoms with van der Waals surface area (Å²) in [6, 6.07) is 1.18. The Bertz CT molecular complexity index is 239. The molecular formula is C14H28N2. The van der Waals surface area contributed by atoms with E-state index in [4.69, 9.17) is 5.73 Å². The van der Waals surface area contributed by atoms with Gasteiger partial charge in [-0.25, -0.2) is 0 Å². The van der Waals surface area contributed by atoms with Gasteiger partial charge >= 0.3 is 0 Å². The van der Waals surface area contributed by atoms with Crippen LogP contribution in [0.2, 0.25) is 0 Å². The van der Waals surface area contributed by atoms with Crippen LogP contribution in [0.25, 0.3) is 0 Å². The van der Waals surface area contributed by atoms with Crippen LogP contribution in [-0.4, -0.2) is 30.1 Å². The van der Waals surface area contributed by atoms with Crippen molar-refractivity contribution in [2.45, 2.75) is 59.0 Å². The van der Waals surface area contributed by atoms with E-state index < -0.39 is 0 Å². The summed E-state index contributed by atoms with van der Waals surface area (Å²) in [5.74, 6) is 1.62. The topological polar surface area (TPSA) is 29.3 Å². The number of likely N-dealkylation sites (tertiary alicyclic amines) is 1. The lowest BCUT2D eigenvalue weighted by Gasteiger charge is -2.40. The number of nitrogens with zero attached hydrogens (tertiary/aromatic N) is 1. The van der Waals surface area contributed by atoms with E-state index >= 15 is 0 Å². The van der Waals surface area contributed by atoms with Gasteiger partial charge in [0.25, 0.3) is 0 Å². The van der Waals surface area contributed by atoms with Gasteiger partial charge in [0.2, 0.25) is 0 Å². The largest absolute Gasteiger partial charge is 0.327 e. The third kappa shape index (κ3) is 2.60. The van der Waals surface area contributed by atoms with Crippen molar-refractivity contribution >= 4 is 0 Å². The summed E-state index contributed by atoms with van der Waals surface area (Å²) in [5.41, 5.74) is 6.69. The minimum atomic E-state index is 0.402. The molecule has 1 aliphatic carbocycles. The van der Waals surface area contributed by atoms with E-state index in [1.807, 2.05) is 0 Å². The molecule has 0 spiro atoms. The van der Waals surface area contributed by atoms with Crippen LogP contribution in [0.4, 0.5) is 0 Å². The Morgan fingerprint density at radius 1 is 1.12 bits per heavy atom. The molecule has 1 saturated carbocycles. The van der Waals surface area contributed by atoms with Crippen molar-refractivity contribution in [2.75, 3.05) is 13.1 Å². The molecule has 0 aromatic carbocycles. The summed E-state index contributed by atoms with van der Waals surface area (Å²) in [7, 11) is 0. The molecule has 0 bridgehead atoms. The monoisotopic (exact) mass is 224 g/mol. The van der Waals surface area contributed by atoms with Gasteiger partial charge in [0.1, 0.15) is 0 Å². The minimum Gasteiger partial charge on any atom is -0.327 e. The lowest BCUT2D eigenvalue weighted by atomic mass is 9.90. The smallest absolute Gasteiger partial charge is 0.0170 e. The van der Waals surface area contributed by atoms with E-state index in [1.165, 1.54) is 25.8 Å². The third-order valence-corrected chi connectivity index (χ3v) is 4.48. The quantitative estimate of drug-likeness (QED) is 0.741. The van der Waals surface area contributed by atoms with Crippen LogP contribution < -0.4 is 5.73 Å². The maximum Gasteiger partial charge on any atom is 0.0170 e. The average molecular weight is 224 g/mol. The van der Waals surface area contributed by atoms with Gasteiger partial charge in [0, 0.05) is 25.2 Å².